The molecule has 188 valence electrons. The topological polar surface area (TPSA) is 175 Å². The quantitative estimate of drug-likeness (QED) is 0.162. The first-order valence-corrected chi connectivity index (χ1v) is 12.3. The Hall–Kier alpha value is -4.07. The molecule has 13 heteroatoms. The van der Waals surface area contributed by atoms with Crippen LogP contribution in [-0.4, -0.2) is 60.9 Å². The van der Waals surface area contributed by atoms with Crippen molar-refractivity contribution in [2.75, 3.05) is 26.2 Å². The summed E-state index contributed by atoms with van der Waals surface area (Å²) in [5.41, 5.74) is 1.13. The smallest absolute Gasteiger partial charge is 0.294 e. The number of rotatable bonds is 12. The van der Waals surface area contributed by atoms with Crippen molar-refractivity contribution in [3.8, 4) is 0 Å². The van der Waals surface area contributed by atoms with Gasteiger partial charge in [-0.1, -0.05) is 18.2 Å². The molecule has 0 unspecified atom stereocenters. The molecule has 0 aliphatic rings. The highest BCUT2D eigenvalue weighted by atomic mass is 32.2. The fourth-order valence-corrected chi connectivity index (χ4v) is 3.72. The van der Waals surface area contributed by atoms with Crippen molar-refractivity contribution in [2.45, 2.75) is 11.4 Å². The SMILES string of the molecule is O=C(NCCNCCNC(=O)c1ccc(N=NCc2ccccc2S(=O)(=O)O)nc1)c1cccnc1. The summed E-state index contributed by atoms with van der Waals surface area (Å²) >= 11 is 0. The summed E-state index contributed by atoms with van der Waals surface area (Å²) in [6.07, 6.45) is 4.45. The van der Waals surface area contributed by atoms with Crippen LogP contribution in [0.15, 0.2) is 82.2 Å². The molecule has 12 nitrogen and oxygen atoms in total. The summed E-state index contributed by atoms with van der Waals surface area (Å²) in [4.78, 5) is 31.9. The number of hydrogen-bond acceptors (Lipinski definition) is 9. The molecule has 4 N–H and O–H groups in total. The highest BCUT2D eigenvalue weighted by molar-refractivity contribution is 7.85. The molecule has 0 saturated heterocycles. The number of nitrogens with zero attached hydrogens (tertiary/aromatic N) is 4. The van der Waals surface area contributed by atoms with Gasteiger partial charge in [-0.3, -0.25) is 19.1 Å². The average Bonchev–Trinajstić information content (AvgIpc) is 2.88. The largest absolute Gasteiger partial charge is 0.351 e. The second-order valence-electron chi connectivity index (χ2n) is 7.39. The molecule has 0 bridgehead atoms. The molecule has 0 radical (unpaired) electrons. The van der Waals surface area contributed by atoms with E-state index in [0.29, 0.717) is 42.9 Å². The van der Waals surface area contributed by atoms with Gasteiger partial charge in [0.2, 0.25) is 0 Å². The summed E-state index contributed by atoms with van der Waals surface area (Å²) in [6, 6.07) is 12.4. The summed E-state index contributed by atoms with van der Waals surface area (Å²) in [5.74, 6) is -0.262. The second-order valence-corrected chi connectivity index (χ2v) is 8.78. The van der Waals surface area contributed by atoms with Crippen molar-refractivity contribution in [1.29, 1.82) is 0 Å². The fourth-order valence-electron chi connectivity index (χ4n) is 3.00. The maximum atomic E-state index is 12.2. The normalized spacial score (nSPS) is 11.4. The standard InChI is InChI=1S/C23H25N7O5S/c31-22(18-5-3-9-25-14-18)26-12-10-24-11-13-27-23(32)19-7-8-21(28-15-19)30-29-16-17-4-1-2-6-20(17)36(33,34)35/h1-9,14-15,24H,10-13,16H2,(H,26,31)(H,27,32)(H,33,34,35). The lowest BCUT2D eigenvalue weighted by Gasteiger charge is -2.08. The van der Waals surface area contributed by atoms with Gasteiger partial charge < -0.3 is 16.0 Å². The van der Waals surface area contributed by atoms with Gasteiger partial charge in [-0.15, -0.1) is 5.11 Å². The third kappa shape index (κ3) is 8.30. The van der Waals surface area contributed by atoms with E-state index in [2.05, 4.69) is 36.1 Å². The molecule has 2 aromatic heterocycles. The number of azo groups is 1. The van der Waals surface area contributed by atoms with E-state index in [1.165, 1.54) is 36.7 Å². The third-order valence-corrected chi connectivity index (χ3v) is 5.73. The Balaban J connectivity index is 1.36. The Kier molecular flexibility index (Phi) is 9.68. The van der Waals surface area contributed by atoms with Gasteiger partial charge in [0.1, 0.15) is 0 Å². The van der Waals surface area contributed by atoms with E-state index in [1.807, 2.05) is 0 Å². The van der Waals surface area contributed by atoms with Gasteiger partial charge in [-0.2, -0.15) is 13.5 Å². The number of carbonyl (C=O) groups is 2. The van der Waals surface area contributed by atoms with Crippen LogP contribution in [0.3, 0.4) is 0 Å². The molecule has 0 saturated carbocycles. The van der Waals surface area contributed by atoms with Gasteiger partial charge in [-0.25, -0.2) is 4.98 Å². The summed E-state index contributed by atoms with van der Waals surface area (Å²) < 4.78 is 32.1. The lowest BCUT2D eigenvalue weighted by atomic mass is 10.2. The summed E-state index contributed by atoms with van der Waals surface area (Å²) in [5, 5.41) is 16.5. The average molecular weight is 512 g/mol. The van der Waals surface area contributed by atoms with Gasteiger partial charge in [0.05, 0.1) is 22.6 Å². The number of benzene rings is 1. The van der Waals surface area contributed by atoms with E-state index in [4.69, 9.17) is 0 Å². The molecule has 3 aromatic rings. The minimum atomic E-state index is -4.36. The molecular formula is C23H25N7O5S. The highest BCUT2D eigenvalue weighted by Gasteiger charge is 2.14. The summed E-state index contributed by atoms with van der Waals surface area (Å²) in [7, 11) is -4.36. The van der Waals surface area contributed by atoms with Crippen LogP contribution in [0.5, 0.6) is 0 Å². The maximum Gasteiger partial charge on any atom is 0.294 e. The van der Waals surface area contributed by atoms with E-state index in [9.17, 15) is 22.6 Å². The van der Waals surface area contributed by atoms with Gasteiger partial charge in [0.25, 0.3) is 21.9 Å². The molecule has 36 heavy (non-hydrogen) atoms. The lowest BCUT2D eigenvalue weighted by molar-refractivity contribution is 0.0948. The van der Waals surface area contributed by atoms with Crippen molar-refractivity contribution in [3.63, 3.8) is 0 Å². The van der Waals surface area contributed by atoms with Crippen LogP contribution >= 0.6 is 0 Å². The van der Waals surface area contributed by atoms with E-state index >= 15 is 0 Å². The van der Waals surface area contributed by atoms with Crippen molar-refractivity contribution in [2.24, 2.45) is 10.2 Å². The molecule has 0 atom stereocenters. The molecular weight excluding hydrogens is 486 g/mol. The van der Waals surface area contributed by atoms with Crippen LogP contribution in [0.4, 0.5) is 5.82 Å². The van der Waals surface area contributed by atoms with E-state index in [0.717, 1.165) is 0 Å². The number of pyridine rings is 2. The van der Waals surface area contributed by atoms with Crippen LogP contribution in [0, 0.1) is 0 Å². The zero-order valence-corrected chi connectivity index (χ0v) is 20.0. The molecule has 0 fully saturated rings. The predicted molar refractivity (Wildman–Crippen MR) is 130 cm³/mol. The first-order valence-electron chi connectivity index (χ1n) is 10.9. The van der Waals surface area contributed by atoms with Crippen molar-refractivity contribution >= 4 is 27.8 Å². The zero-order valence-electron chi connectivity index (χ0n) is 19.2. The molecule has 0 aliphatic heterocycles. The maximum absolute atomic E-state index is 12.2. The number of nitrogens with one attached hydrogen (secondary N) is 3. The Labute approximate surface area is 208 Å². The highest BCUT2D eigenvalue weighted by Crippen LogP contribution is 2.17. The monoisotopic (exact) mass is 511 g/mol. The van der Waals surface area contributed by atoms with Gasteiger partial charge >= 0.3 is 0 Å². The van der Waals surface area contributed by atoms with Gasteiger partial charge in [-0.05, 0) is 35.9 Å². The number of carbonyl (C=O) groups excluding carboxylic acids is 2. The minimum absolute atomic E-state index is 0.0694. The molecule has 2 heterocycles. The first-order chi connectivity index (χ1) is 17.3. The van der Waals surface area contributed by atoms with Crippen molar-refractivity contribution in [1.82, 2.24) is 25.9 Å². The Bertz CT molecular complexity index is 1300. The van der Waals surface area contributed by atoms with Gasteiger partial charge in [0, 0.05) is 44.8 Å². The lowest BCUT2D eigenvalue weighted by Crippen LogP contribution is -2.36. The van der Waals surface area contributed by atoms with E-state index in [1.54, 1.807) is 30.5 Å². The zero-order chi connectivity index (χ0) is 25.8. The fraction of sp³-hybridized carbons (Fsp3) is 0.217. The van der Waals surface area contributed by atoms with Crippen LogP contribution in [-0.2, 0) is 16.7 Å². The van der Waals surface area contributed by atoms with Gasteiger partial charge in [0.15, 0.2) is 5.82 Å². The number of aromatic nitrogens is 2. The van der Waals surface area contributed by atoms with Crippen LogP contribution in [0.2, 0.25) is 0 Å². The third-order valence-electron chi connectivity index (χ3n) is 4.77. The molecule has 0 aliphatic carbocycles. The summed E-state index contributed by atoms with van der Waals surface area (Å²) in [6.45, 7) is 1.80. The number of hydrogen-bond donors (Lipinski definition) is 4. The molecule has 0 spiro atoms. The predicted octanol–water partition coefficient (Wildman–Crippen LogP) is 1.76. The van der Waals surface area contributed by atoms with Crippen molar-refractivity contribution < 1.29 is 22.6 Å². The van der Waals surface area contributed by atoms with E-state index < -0.39 is 10.1 Å². The van der Waals surface area contributed by atoms with Crippen molar-refractivity contribution in [3.05, 3.63) is 83.8 Å². The Morgan fingerprint density at radius 1 is 0.861 bits per heavy atom. The second kappa shape index (κ2) is 13.1. The number of amides is 2. The molecule has 2 amide bonds. The van der Waals surface area contributed by atoms with Crippen LogP contribution < -0.4 is 16.0 Å². The molecule has 3 rings (SSSR count). The van der Waals surface area contributed by atoms with Crippen LogP contribution in [0.25, 0.3) is 0 Å². The first kappa shape index (κ1) is 26.5. The Morgan fingerprint density at radius 3 is 2.17 bits per heavy atom. The molecule has 1 aromatic carbocycles. The minimum Gasteiger partial charge on any atom is -0.351 e. The van der Waals surface area contributed by atoms with E-state index in [-0.39, 0.29) is 29.1 Å². The Morgan fingerprint density at radius 2 is 1.56 bits per heavy atom. The van der Waals surface area contributed by atoms with Crippen LogP contribution in [0.1, 0.15) is 26.3 Å².